The van der Waals surface area contributed by atoms with E-state index in [4.69, 9.17) is 0 Å². The third kappa shape index (κ3) is 4.05. The van der Waals surface area contributed by atoms with Gasteiger partial charge in [-0.05, 0) is 114 Å². The van der Waals surface area contributed by atoms with Gasteiger partial charge in [0.15, 0.2) is 0 Å². The van der Waals surface area contributed by atoms with Gasteiger partial charge in [-0.2, -0.15) is 0 Å². The van der Waals surface area contributed by atoms with Gasteiger partial charge in [0.05, 0.1) is 5.41 Å². The standard InChI is InChI=1S/C51H33N/c1-3-12-34(13-4-1)36-24-28-40(29-25-36)52(41-30-26-37(27-31-41)35-14-5-2-6-15-35)42-32-39-23-22-38-16-11-21-47-49(38)50(39)48(33-42)51(47)45-19-9-7-17-43(45)44-18-8-10-20-46(44)51/h1-33H. The first-order valence-corrected chi connectivity index (χ1v) is 18.1. The van der Waals surface area contributed by atoms with Gasteiger partial charge in [0.25, 0.3) is 0 Å². The van der Waals surface area contributed by atoms with Crippen LogP contribution >= 0.6 is 0 Å². The second-order valence-corrected chi connectivity index (χ2v) is 14.1. The summed E-state index contributed by atoms with van der Waals surface area (Å²) in [5.74, 6) is 0. The maximum absolute atomic E-state index is 2.50. The summed E-state index contributed by atoms with van der Waals surface area (Å²) >= 11 is 0. The van der Waals surface area contributed by atoms with Crippen molar-refractivity contribution in [3.8, 4) is 33.4 Å². The lowest BCUT2D eigenvalue weighted by Gasteiger charge is -2.32. The molecule has 242 valence electrons. The molecule has 0 aliphatic heterocycles. The number of rotatable bonds is 5. The Kier molecular flexibility index (Phi) is 6.23. The molecule has 0 unspecified atom stereocenters. The summed E-state index contributed by atoms with van der Waals surface area (Å²) in [6.45, 7) is 0. The molecule has 1 nitrogen and oxygen atoms in total. The van der Waals surface area contributed by atoms with E-state index < -0.39 is 5.41 Å². The van der Waals surface area contributed by atoms with Gasteiger partial charge in [-0.3, -0.25) is 0 Å². The summed E-state index contributed by atoms with van der Waals surface area (Å²) in [7, 11) is 0. The highest BCUT2D eigenvalue weighted by molar-refractivity contribution is 6.18. The van der Waals surface area contributed by atoms with E-state index in [1.165, 1.54) is 77.2 Å². The summed E-state index contributed by atoms with van der Waals surface area (Å²) in [6, 6.07) is 73.9. The molecule has 2 aliphatic rings. The molecule has 0 saturated carbocycles. The molecule has 0 heterocycles. The van der Waals surface area contributed by atoms with Crippen molar-refractivity contribution in [3.05, 3.63) is 222 Å². The molecule has 9 aromatic rings. The predicted molar refractivity (Wildman–Crippen MR) is 218 cm³/mol. The average Bonchev–Trinajstić information content (AvgIpc) is 3.69. The Morgan fingerprint density at radius 2 is 0.750 bits per heavy atom. The fraction of sp³-hybridized carbons (Fsp3) is 0.0196. The molecular weight excluding hydrogens is 627 g/mol. The topological polar surface area (TPSA) is 3.24 Å². The van der Waals surface area contributed by atoms with Crippen molar-refractivity contribution in [2.75, 3.05) is 4.90 Å². The molecule has 0 atom stereocenters. The van der Waals surface area contributed by atoms with E-state index in [2.05, 4.69) is 205 Å². The first-order chi connectivity index (χ1) is 25.8. The largest absolute Gasteiger partial charge is 0.310 e. The fourth-order valence-electron chi connectivity index (χ4n) is 9.24. The minimum Gasteiger partial charge on any atom is -0.310 e. The van der Waals surface area contributed by atoms with Crippen molar-refractivity contribution in [1.82, 2.24) is 0 Å². The highest BCUT2D eigenvalue weighted by Gasteiger charge is 2.50. The Labute approximate surface area is 303 Å². The van der Waals surface area contributed by atoms with Crippen molar-refractivity contribution >= 4 is 38.6 Å². The second-order valence-electron chi connectivity index (χ2n) is 14.1. The first kappa shape index (κ1) is 29.1. The number of hydrogen-bond acceptors (Lipinski definition) is 1. The van der Waals surface area contributed by atoms with Gasteiger partial charge in [-0.1, -0.05) is 164 Å². The summed E-state index contributed by atoms with van der Waals surface area (Å²) < 4.78 is 0. The van der Waals surface area contributed by atoms with Gasteiger partial charge in [0, 0.05) is 17.1 Å². The van der Waals surface area contributed by atoms with Crippen LogP contribution in [0.25, 0.3) is 54.9 Å². The van der Waals surface area contributed by atoms with E-state index in [0.29, 0.717) is 0 Å². The molecule has 0 bridgehead atoms. The minimum absolute atomic E-state index is 0.412. The highest BCUT2D eigenvalue weighted by atomic mass is 15.1. The monoisotopic (exact) mass is 659 g/mol. The molecule has 0 amide bonds. The van der Waals surface area contributed by atoms with Gasteiger partial charge in [0.2, 0.25) is 0 Å². The molecule has 0 saturated heterocycles. The Bertz CT molecular complexity index is 2690. The van der Waals surface area contributed by atoms with Gasteiger partial charge in [0.1, 0.15) is 0 Å². The molecule has 0 N–H and O–H groups in total. The maximum atomic E-state index is 2.50. The van der Waals surface area contributed by atoms with Crippen LogP contribution in [0.4, 0.5) is 17.1 Å². The van der Waals surface area contributed by atoms with E-state index in [1.54, 1.807) is 0 Å². The van der Waals surface area contributed by atoms with Crippen molar-refractivity contribution < 1.29 is 0 Å². The molecule has 1 heteroatoms. The summed E-state index contributed by atoms with van der Waals surface area (Å²) in [5.41, 5.74) is 15.9. The molecule has 0 aromatic heterocycles. The number of hydrogen-bond donors (Lipinski definition) is 0. The predicted octanol–water partition coefficient (Wildman–Crippen LogP) is 13.5. The average molecular weight is 660 g/mol. The van der Waals surface area contributed by atoms with Crippen LogP contribution in [-0.4, -0.2) is 0 Å². The number of anilines is 3. The summed E-state index contributed by atoms with van der Waals surface area (Å²) in [4.78, 5) is 2.44. The Morgan fingerprint density at radius 3 is 1.33 bits per heavy atom. The molecule has 0 radical (unpaired) electrons. The lowest BCUT2D eigenvalue weighted by Crippen LogP contribution is -2.26. The number of nitrogens with zero attached hydrogens (tertiary/aromatic N) is 1. The zero-order valence-corrected chi connectivity index (χ0v) is 28.5. The van der Waals surface area contributed by atoms with Crippen LogP contribution in [-0.2, 0) is 5.41 Å². The third-order valence-corrected chi connectivity index (χ3v) is 11.4. The zero-order chi connectivity index (χ0) is 34.2. The van der Waals surface area contributed by atoms with Crippen LogP contribution < -0.4 is 4.90 Å². The molecule has 11 rings (SSSR count). The van der Waals surface area contributed by atoms with Crippen LogP contribution in [0.2, 0.25) is 0 Å². The lowest BCUT2D eigenvalue weighted by molar-refractivity contribution is 0.797. The van der Waals surface area contributed by atoms with Gasteiger partial charge in [-0.25, -0.2) is 0 Å². The van der Waals surface area contributed by atoms with E-state index >= 15 is 0 Å². The van der Waals surface area contributed by atoms with Crippen molar-refractivity contribution in [2.24, 2.45) is 0 Å². The van der Waals surface area contributed by atoms with Gasteiger partial charge < -0.3 is 4.90 Å². The molecule has 9 aromatic carbocycles. The maximum Gasteiger partial charge on any atom is 0.0726 e. The van der Waals surface area contributed by atoms with Crippen LogP contribution in [0.5, 0.6) is 0 Å². The number of benzene rings is 9. The first-order valence-electron chi connectivity index (χ1n) is 18.1. The third-order valence-electron chi connectivity index (χ3n) is 11.4. The summed E-state index contributed by atoms with van der Waals surface area (Å²) in [5, 5.41) is 5.29. The fourth-order valence-corrected chi connectivity index (χ4v) is 9.24. The highest BCUT2D eigenvalue weighted by Crippen LogP contribution is 2.63. The molecular formula is C51H33N. The zero-order valence-electron chi connectivity index (χ0n) is 28.5. The van der Waals surface area contributed by atoms with Gasteiger partial charge >= 0.3 is 0 Å². The molecule has 2 aliphatic carbocycles. The van der Waals surface area contributed by atoms with Gasteiger partial charge in [-0.15, -0.1) is 0 Å². The molecule has 0 fully saturated rings. The molecule has 1 spiro atoms. The van der Waals surface area contributed by atoms with E-state index in [0.717, 1.165) is 17.1 Å². The van der Waals surface area contributed by atoms with Crippen LogP contribution in [0, 0.1) is 0 Å². The van der Waals surface area contributed by atoms with Crippen molar-refractivity contribution in [1.29, 1.82) is 0 Å². The Balaban J connectivity index is 1.17. The van der Waals surface area contributed by atoms with Crippen LogP contribution in [0.1, 0.15) is 22.3 Å². The second kappa shape index (κ2) is 11.2. The lowest BCUT2D eigenvalue weighted by atomic mass is 9.70. The molecule has 52 heavy (non-hydrogen) atoms. The quantitative estimate of drug-likeness (QED) is 0.166. The number of fused-ring (bicyclic) bond motifs is 7. The Morgan fingerprint density at radius 1 is 0.288 bits per heavy atom. The van der Waals surface area contributed by atoms with Crippen LogP contribution in [0.15, 0.2) is 200 Å². The van der Waals surface area contributed by atoms with E-state index in [1.807, 2.05) is 0 Å². The smallest absolute Gasteiger partial charge is 0.0726 e. The van der Waals surface area contributed by atoms with Crippen LogP contribution in [0.3, 0.4) is 0 Å². The van der Waals surface area contributed by atoms with E-state index in [-0.39, 0.29) is 0 Å². The summed E-state index contributed by atoms with van der Waals surface area (Å²) in [6.07, 6.45) is 0. The normalized spacial score (nSPS) is 13.2. The van der Waals surface area contributed by atoms with E-state index in [9.17, 15) is 0 Å². The minimum atomic E-state index is -0.412. The SMILES string of the molecule is c1ccc(-c2ccc(N(c3ccc(-c4ccccc4)cc3)c3cc4c5c(ccc6cccc(c65)C45c4ccccc4-c4ccccc45)c3)cc2)cc1. The van der Waals surface area contributed by atoms with Crippen molar-refractivity contribution in [3.63, 3.8) is 0 Å². The van der Waals surface area contributed by atoms with Crippen molar-refractivity contribution in [2.45, 2.75) is 5.41 Å². The Hall–Kier alpha value is -6.70.